The van der Waals surface area contributed by atoms with Crippen LogP contribution < -0.4 is 16.4 Å². The van der Waals surface area contributed by atoms with Gasteiger partial charge in [-0.3, -0.25) is 4.79 Å². The van der Waals surface area contributed by atoms with E-state index < -0.39 is 0 Å². The number of hydrogen-bond donors (Lipinski definition) is 3. The summed E-state index contributed by atoms with van der Waals surface area (Å²) in [7, 11) is 3.51. The second-order valence-electron chi connectivity index (χ2n) is 3.72. The molecule has 0 saturated carbocycles. The molecule has 1 aromatic heterocycles. The number of likely N-dealkylation sites (N-methyl/N-ethyl adjacent to an activating group) is 1. The number of nitrogens with two attached hydrogens (primary N) is 1. The van der Waals surface area contributed by atoms with Crippen molar-refractivity contribution in [3.8, 4) is 0 Å². The molecule has 0 spiro atoms. The molecule has 0 amide bonds. The lowest BCUT2D eigenvalue weighted by Crippen LogP contribution is -2.16. The minimum absolute atomic E-state index is 0.440. The van der Waals surface area contributed by atoms with E-state index in [9.17, 15) is 4.79 Å². The number of rotatable bonds is 7. The predicted molar refractivity (Wildman–Crippen MR) is 81.2 cm³/mol. The summed E-state index contributed by atoms with van der Waals surface area (Å²) < 4.78 is 5.09. The van der Waals surface area contributed by atoms with Gasteiger partial charge in [-0.2, -0.15) is 0 Å². The van der Waals surface area contributed by atoms with Crippen LogP contribution in [0.3, 0.4) is 0 Å². The number of carbonyl (C=O) groups is 1. The quantitative estimate of drug-likeness (QED) is 0.394. The smallest absolute Gasteiger partial charge is 0.167 e. The average molecular weight is 280 g/mol. The van der Waals surface area contributed by atoms with Crippen LogP contribution in [0, 0.1) is 0 Å². The maximum atomic E-state index is 10.4. The van der Waals surface area contributed by atoms with Crippen LogP contribution in [0.2, 0.25) is 0 Å². The van der Waals surface area contributed by atoms with Gasteiger partial charge >= 0.3 is 0 Å². The van der Waals surface area contributed by atoms with Crippen LogP contribution in [-0.4, -0.2) is 38.6 Å². The summed E-state index contributed by atoms with van der Waals surface area (Å²) in [5, 5.41) is 5.63. The monoisotopic (exact) mass is 280 g/mol. The highest BCUT2D eigenvalue weighted by atomic mass is 16.5. The van der Waals surface area contributed by atoms with Crippen molar-refractivity contribution in [2.75, 3.05) is 32.6 Å². The molecule has 20 heavy (non-hydrogen) atoms. The molecule has 0 bridgehead atoms. The summed E-state index contributed by atoms with van der Waals surface area (Å²) in [6.45, 7) is 3.14. The van der Waals surface area contributed by atoms with E-state index in [1.54, 1.807) is 13.2 Å². The maximum Gasteiger partial charge on any atom is 0.167 e. The Bertz CT molecular complexity index is 393. The zero-order chi connectivity index (χ0) is 15.2. The first-order chi connectivity index (χ1) is 9.69. The van der Waals surface area contributed by atoms with Crippen LogP contribution in [0.1, 0.15) is 13.3 Å². The van der Waals surface area contributed by atoms with Gasteiger partial charge in [0.1, 0.15) is 5.82 Å². The average Bonchev–Trinajstić information content (AvgIpc) is 2.50. The van der Waals surface area contributed by atoms with Crippen molar-refractivity contribution < 1.29 is 9.53 Å². The molecule has 0 saturated heterocycles. The Balaban J connectivity index is 0.000000388. The molecule has 0 aliphatic rings. The van der Waals surface area contributed by atoms with E-state index in [0.717, 1.165) is 5.82 Å². The first kappa shape index (κ1) is 17.9. The molecule has 0 aliphatic carbocycles. The molecule has 0 aliphatic heterocycles. The molecule has 1 aromatic rings. The lowest BCUT2D eigenvalue weighted by molar-refractivity contribution is -0.105. The Morgan fingerprint density at radius 1 is 1.45 bits per heavy atom. The number of hydrogen-bond acceptors (Lipinski definition) is 6. The molecule has 0 fully saturated rings. The fourth-order valence-corrected chi connectivity index (χ4v) is 1.27. The van der Waals surface area contributed by atoms with Crippen molar-refractivity contribution in [2.24, 2.45) is 5.73 Å². The third-order valence-electron chi connectivity index (χ3n) is 2.37. The van der Waals surface area contributed by atoms with Crippen molar-refractivity contribution in [3.63, 3.8) is 0 Å². The summed E-state index contributed by atoms with van der Waals surface area (Å²) >= 11 is 0. The van der Waals surface area contributed by atoms with Gasteiger partial charge in [-0.25, -0.2) is 4.98 Å². The minimum Gasteiger partial charge on any atom is -0.400 e. The lowest BCUT2D eigenvalue weighted by Gasteiger charge is -2.05. The second-order valence-corrected chi connectivity index (χ2v) is 3.72. The van der Waals surface area contributed by atoms with Gasteiger partial charge in [0.2, 0.25) is 0 Å². The molecule has 0 aromatic carbocycles. The summed E-state index contributed by atoms with van der Waals surface area (Å²) in [6, 6.07) is 5.75. The fraction of sp³-hybridized carbons (Fsp3) is 0.429. The van der Waals surface area contributed by atoms with Gasteiger partial charge in [-0.05, 0) is 19.1 Å². The predicted octanol–water partition coefficient (Wildman–Crippen LogP) is 1.12. The largest absolute Gasteiger partial charge is 0.400 e. The van der Waals surface area contributed by atoms with E-state index in [4.69, 9.17) is 10.5 Å². The van der Waals surface area contributed by atoms with Crippen LogP contribution in [0.4, 0.5) is 5.82 Å². The van der Waals surface area contributed by atoms with Gasteiger partial charge in [0.05, 0.1) is 12.3 Å². The van der Waals surface area contributed by atoms with E-state index in [-0.39, 0.29) is 0 Å². The number of carbonyl (C=O) groups excluding carboxylic acids is 1. The van der Waals surface area contributed by atoms with E-state index in [1.165, 1.54) is 0 Å². The van der Waals surface area contributed by atoms with Gasteiger partial charge < -0.3 is 21.1 Å². The minimum atomic E-state index is 0.440. The Hall–Kier alpha value is -2.08. The zero-order valence-corrected chi connectivity index (χ0v) is 12.3. The number of nitrogens with zero attached hydrogens (tertiary/aromatic N) is 1. The second kappa shape index (κ2) is 12.0. The van der Waals surface area contributed by atoms with Crippen LogP contribution >= 0.6 is 0 Å². The Morgan fingerprint density at radius 3 is 2.60 bits per heavy atom. The molecule has 4 N–H and O–H groups in total. The Labute approximate surface area is 120 Å². The van der Waals surface area contributed by atoms with Gasteiger partial charge in [-0.1, -0.05) is 6.07 Å². The van der Waals surface area contributed by atoms with Crippen molar-refractivity contribution in [3.05, 3.63) is 35.8 Å². The van der Waals surface area contributed by atoms with Gasteiger partial charge in [0.25, 0.3) is 0 Å². The number of ether oxygens (including phenoxy) is 1. The molecular weight excluding hydrogens is 256 g/mol. The maximum absolute atomic E-state index is 10.4. The number of anilines is 1. The highest BCUT2D eigenvalue weighted by Crippen LogP contribution is 1.97. The van der Waals surface area contributed by atoms with E-state index in [0.29, 0.717) is 37.3 Å². The summed E-state index contributed by atoms with van der Waals surface area (Å²) in [5.74, 6) is 0.910. The van der Waals surface area contributed by atoms with Gasteiger partial charge in [0, 0.05) is 39.0 Å². The summed E-state index contributed by atoms with van der Waals surface area (Å²) in [5.41, 5.74) is 6.57. The van der Waals surface area contributed by atoms with E-state index in [1.807, 2.05) is 32.2 Å². The van der Waals surface area contributed by atoms with Crippen molar-refractivity contribution >= 4 is 12.1 Å². The van der Waals surface area contributed by atoms with Crippen molar-refractivity contribution in [2.45, 2.75) is 13.3 Å². The molecule has 112 valence electrons. The van der Waals surface area contributed by atoms with Crippen LogP contribution in [0.25, 0.3) is 0 Å². The SMILES string of the molecule is CCOCC/C(N)=C(/C=O)NC.CNc1ccccn1. The molecular formula is C14H24N4O2. The summed E-state index contributed by atoms with van der Waals surface area (Å²) in [6.07, 6.45) is 3.05. The Morgan fingerprint density at radius 2 is 2.20 bits per heavy atom. The zero-order valence-electron chi connectivity index (χ0n) is 12.3. The number of allylic oxidation sites excluding steroid dienone is 1. The first-order valence-electron chi connectivity index (χ1n) is 6.47. The topological polar surface area (TPSA) is 89.3 Å². The van der Waals surface area contributed by atoms with Crippen LogP contribution in [0.5, 0.6) is 0 Å². The number of aldehydes is 1. The first-order valence-corrected chi connectivity index (χ1v) is 6.47. The fourth-order valence-electron chi connectivity index (χ4n) is 1.27. The summed E-state index contributed by atoms with van der Waals surface area (Å²) in [4.78, 5) is 14.4. The highest BCUT2D eigenvalue weighted by Gasteiger charge is 1.99. The van der Waals surface area contributed by atoms with E-state index in [2.05, 4.69) is 15.6 Å². The van der Waals surface area contributed by atoms with Gasteiger partial charge in [0.15, 0.2) is 6.29 Å². The molecule has 6 nitrogen and oxygen atoms in total. The molecule has 6 heteroatoms. The molecule has 0 unspecified atom stereocenters. The lowest BCUT2D eigenvalue weighted by atomic mass is 10.3. The third-order valence-corrected chi connectivity index (χ3v) is 2.37. The van der Waals surface area contributed by atoms with Gasteiger partial charge in [-0.15, -0.1) is 0 Å². The Kier molecular flexibility index (Phi) is 10.7. The standard InChI is InChI=1S/C8H16N2O2.C6H8N2/c1-3-12-5-4-7(9)8(6-11)10-2;1-7-6-4-2-3-5-8-6/h6,10H,3-5,9H2,1-2H3;2-5H,1H3,(H,7,8)/b8-7+;. The van der Waals surface area contributed by atoms with Crippen molar-refractivity contribution in [1.29, 1.82) is 0 Å². The van der Waals surface area contributed by atoms with Crippen LogP contribution in [0.15, 0.2) is 35.8 Å². The highest BCUT2D eigenvalue weighted by molar-refractivity contribution is 5.73. The molecule has 1 heterocycles. The number of aromatic nitrogens is 1. The van der Waals surface area contributed by atoms with Crippen LogP contribution in [-0.2, 0) is 9.53 Å². The third kappa shape index (κ3) is 8.10. The number of nitrogens with one attached hydrogen (secondary N) is 2. The molecule has 0 radical (unpaired) electrons. The molecule has 0 atom stereocenters. The number of pyridine rings is 1. The molecule has 1 rings (SSSR count). The van der Waals surface area contributed by atoms with E-state index >= 15 is 0 Å². The normalized spacial score (nSPS) is 10.8. The van der Waals surface area contributed by atoms with Crippen molar-refractivity contribution in [1.82, 2.24) is 10.3 Å².